The summed E-state index contributed by atoms with van der Waals surface area (Å²) in [5.74, 6) is -1.40. The summed E-state index contributed by atoms with van der Waals surface area (Å²) < 4.78 is 19.2. The van der Waals surface area contributed by atoms with Crippen molar-refractivity contribution in [1.29, 1.82) is 0 Å². The first-order chi connectivity index (χ1) is 31.2. The number of aliphatic hydroxyl groups excluding tert-OH is 3. The molecule has 0 saturated carbocycles. The van der Waals surface area contributed by atoms with Crippen LogP contribution in [0.3, 0.4) is 0 Å². The van der Waals surface area contributed by atoms with Crippen LogP contribution in [-0.2, 0) is 19.0 Å². The predicted molar refractivity (Wildman–Crippen MR) is 240 cm³/mol. The number of hydrogen-bond donors (Lipinski definition) is 3. The largest absolute Gasteiger partial charge is 0.428 e. The van der Waals surface area contributed by atoms with Crippen molar-refractivity contribution in [2.45, 2.75) is 25.8 Å². The molecular weight excluding hydrogens is 858 g/mol. The van der Waals surface area contributed by atoms with Crippen molar-refractivity contribution in [2.75, 3.05) is 0 Å². The minimum absolute atomic E-state index is 0.0356. The van der Waals surface area contributed by atoms with Crippen LogP contribution in [-0.4, -0.2) is 44.1 Å². The Morgan fingerprint density at radius 1 is 0.538 bits per heavy atom. The molecule has 14 nitrogen and oxygen atoms in total. The van der Waals surface area contributed by atoms with Crippen LogP contribution in [0.1, 0.15) is 107 Å². The van der Waals surface area contributed by atoms with Gasteiger partial charge in [0.2, 0.25) is 18.9 Å². The number of nitro groups is 1. The van der Waals surface area contributed by atoms with Gasteiger partial charge in [0.05, 0.1) is 21.6 Å². The molecule has 3 unspecified atom stereocenters. The summed E-state index contributed by atoms with van der Waals surface area (Å²) in [5.41, 5.74) is 7.88. The number of carbonyl (C=O) groups is 4. The third-order valence-electron chi connectivity index (χ3n) is 9.86. The number of nitrogens with zero attached hydrogens (tertiary/aromatic N) is 1. The molecule has 0 bridgehead atoms. The lowest BCUT2D eigenvalue weighted by Gasteiger charge is -2.02. The molecule has 0 fully saturated rings. The molecule has 3 heterocycles. The average molecular weight is 894 g/mol. The quantitative estimate of drug-likeness (QED) is 0.0325. The summed E-state index contributed by atoms with van der Waals surface area (Å²) in [7, 11) is 0. The van der Waals surface area contributed by atoms with Gasteiger partial charge in [-0.25, -0.2) is 14.4 Å². The summed E-state index contributed by atoms with van der Waals surface area (Å²) >= 11 is 5.82. The molecule has 6 aromatic carbocycles. The number of ether oxygens (including phenoxy) is 4. The molecule has 3 N–H and O–H groups in total. The number of cyclic esters (lactones) is 3. The van der Waals surface area contributed by atoms with E-state index in [2.05, 4.69) is 0 Å². The number of carbonyl (C=O) groups excluding carboxylic acids is 4. The van der Waals surface area contributed by atoms with E-state index in [0.29, 0.717) is 44.2 Å². The summed E-state index contributed by atoms with van der Waals surface area (Å²) in [6.07, 6.45) is 7.55. The molecule has 15 heteroatoms. The summed E-state index contributed by atoms with van der Waals surface area (Å²) in [5, 5.41) is 40.2. The summed E-state index contributed by atoms with van der Waals surface area (Å²) in [6.45, 7) is 1.35. The zero-order valence-corrected chi connectivity index (χ0v) is 34.8. The van der Waals surface area contributed by atoms with Crippen LogP contribution in [0.2, 0.25) is 5.02 Å². The molecule has 0 amide bonds. The Balaban J connectivity index is 0.000000146. The third-order valence-corrected chi connectivity index (χ3v) is 10.1. The molecule has 0 aliphatic carbocycles. The summed E-state index contributed by atoms with van der Waals surface area (Å²) in [6, 6.07) is 36.0. The van der Waals surface area contributed by atoms with Crippen molar-refractivity contribution < 1.29 is 58.4 Å². The highest BCUT2D eigenvalue weighted by molar-refractivity contribution is 6.30. The van der Waals surface area contributed by atoms with Gasteiger partial charge in [-0.3, -0.25) is 14.9 Å². The molecule has 6 aromatic rings. The van der Waals surface area contributed by atoms with Crippen LogP contribution in [0.5, 0.6) is 5.75 Å². The van der Waals surface area contributed by atoms with Crippen LogP contribution < -0.4 is 4.74 Å². The average Bonchev–Trinajstić information content (AvgIpc) is 3.87. The zero-order chi connectivity index (χ0) is 46.2. The second-order valence-corrected chi connectivity index (χ2v) is 14.8. The molecule has 0 radical (unpaired) electrons. The third kappa shape index (κ3) is 11.3. The number of nitro benzene ring substituents is 1. The Morgan fingerprint density at radius 3 is 1.18 bits per heavy atom. The standard InChI is InChI=1S/C18H14O5.C16H11ClO3.C16H11NO5/c1-11(19)22-14-7-4-12(5-8-14)2-3-13-6-9-15-16(10-13)18(21)23-17(15)20;17-12-6-3-10(4-7-12)1-2-11-5-8-13-14(9-11)16(19)20-15(13)18;18-15-13-8-5-11(9-14(13)16(19)22-15)2-1-10-3-6-12(7-4-10)17(20)21/h2-10,18,21H,1H3;1-9,16,19H;1-9,16,19H. The van der Waals surface area contributed by atoms with Gasteiger partial charge in [0, 0.05) is 40.8 Å². The highest BCUT2D eigenvalue weighted by atomic mass is 35.5. The van der Waals surface area contributed by atoms with Gasteiger partial charge in [-0.2, -0.15) is 0 Å². The van der Waals surface area contributed by atoms with E-state index in [4.69, 9.17) is 30.5 Å². The highest BCUT2D eigenvalue weighted by Gasteiger charge is 2.31. The Labute approximate surface area is 375 Å². The highest BCUT2D eigenvalue weighted by Crippen LogP contribution is 2.32. The Morgan fingerprint density at radius 2 is 0.846 bits per heavy atom. The lowest BCUT2D eigenvalue weighted by Crippen LogP contribution is -2.00. The Bertz CT molecular complexity index is 2890. The predicted octanol–water partition coefficient (Wildman–Crippen LogP) is 9.54. The van der Waals surface area contributed by atoms with Crippen LogP contribution in [0.15, 0.2) is 127 Å². The minimum atomic E-state index is -1.23. The fourth-order valence-electron chi connectivity index (χ4n) is 6.58. The van der Waals surface area contributed by atoms with E-state index in [1.807, 2.05) is 66.8 Å². The number of esters is 4. The van der Waals surface area contributed by atoms with Crippen molar-refractivity contribution in [2.24, 2.45) is 0 Å². The molecule has 3 atom stereocenters. The van der Waals surface area contributed by atoms with Crippen LogP contribution in [0.4, 0.5) is 5.69 Å². The lowest BCUT2D eigenvalue weighted by atomic mass is 10.0. The second-order valence-electron chi connectivity index (χ2n) is 14.4. The molecule has 326 valence electrons. The molecule has 3 aliphatic heterocycles. The van der Waals surface area contributed by atoms with Crippen LogP contribution >= 0.6 is 11.6 Å². The molecule has 0 spiro atoms. The SMILES string of the molecule is CC(=O)Oc1ccc(C=Cc2ccc3c(c2)C(O)OC3=O)cc1.O=C1OC(O)c2cc(C=Cc3ccc(Cl)cc3)ccc21.O=C1OC(O)c2cc(C=Cc3ccc([N+](=O)[O-])cc3)ccc21. The van der Waals surface area contributed by atoms with E-state index in [1.165, 1.54) is 19.1 Å². The van der Waals surface area contributed by atoms with Crippen LogP contribution in [0, 0.1) is 10.1 Å². The lowest BCUT2D eigenvalue weighted by molar-refractivity contribution is -0.384. The maximum absolute atomic E-state index is 11.4. The maximum atomic E-state index is 11.4. The Kier molecular flexibility index (Phi) is 13.9. The van der Waals surface area contributed by atoms with Crippen molar-refractivity contribution in [1.82, 2.24) is 0 Å². The first-order valence-corrected chi connectivity index (χ1v) is 20.0. The van der Waals surface area contributed by atoms with Gasteiger partial charge in [-0.15, -0.1) is 0 Å². The van der Waals surface area contributed by atoms with Crippen molar-refractivity contribution >= 4 is 77.6 Å². The normalized spacial score (nSPS) is 16.7. The monoisotopic (exact) mass is 893 g/mol. The number of fused-ring (bicyclic) bond motifs is 3. The van der Waals surface area contributed by atoms with Gasteiger partial charge in [0.25, 0.3) is 5.69 Å². The van der Waals surface area contributed by atoms with Crippen molar-refractivity contribution in [3.63, 3.8) is 0 Å². The molecular formula is C50H36ClNO13. The van der Waals surface area contributed by atoms with Gasteiger partial charge in [-0.1, -0.05) is 90.5 Å². The van der Waals surface area contributed by atoms with Crippen LogP contribution in [0.25, 0.3) is 36.5 Å². The van der Waals surface area contributed by atoms with E-state index in [1.54, 1.807) is 84.9 Å². The number of aliphatic hydroxyl groups is 3. The van der Waals surface area contributed by atoms with Gasteiger partial charge < -0.3 is 34.3 Å². The van der Waals surface area contributed by atoms with Gasteiger partial charge in [0.1, 0.15) is 5.75 Å². The number of rotatable bonds is 8. The minimum Gasteiger partial charge on any atom is -0.428 e. The number of hydrogen-bond acceptors (Lipinski definition) is 13. The zero-order valence-electron chi connectivity index (χ0n) is 34.1. The molecule has 0 aromatic heterocycles. The van der Waals surface area contributed by atoms with Gasteiger partial charge >= 0.3 is 23.9 Å². The summed E-state index contributed by atoms with van der Waals surface area (Å²) in [4.78, 5) is 55.2. The topological polar surface area (TPSA) is 209 Å². The van der Waals surface area contributed by atoms with E-state index in [-0.39, 0.29) is 11.7 Å². The first-order valence-electron chi connectivity index (χ1n) is 19.6. The second kappa shape index (κ2) is 20.0. The smallest absolute Gasteiger partial charge is 0.341 e. The first kappa shape index (κ1) is 45.0. The Hall–Kier alpha value is -8.01. The maximum Gasteiger partial charge on any atom is 0.341 e. The van der Waals surface area contributed by atoms with E-state index < -0.39 is 41.7 Å². The number of non-ortho nitro benzene ring substituents is 1. The molecule has 0 saturated heterocycles. The van der Waals surface area contributed by atoms with E-state index in [0.717, 1.165) is 33.4 Å². The molecule has 65 heavy (non-hydrogen) atoms. The number of benzene rings is 6. The number of halogens is 1. The van der Waals surface area contributed by atoms with E-state index >= 15 is 0 Å². The van der Waals surface area contributed by atoms with Gasteiger partial charge in [-0.05, 0) is 106 Å². The molecule has 3 aliphatic rings. The fraction of sp³-hybridized carbons (Fsp3) is 0.0800. The van der Waals surface area contributed by atoms with Crippen molar-refractivity contribution in [3.8, 4) is 5.75 Å². The van der Waals surface area contributed by atoms with E-state index in [9.17, 15) is 44.6 Å². The van der Waals surface area contributed by atoms with Crippen molar-refractivity contribution in [3.05, 3.63) is 209 Å². The molecule has 9 rings (SSSR count). The fourth-order valence-corrected chi connectivity index (χ4v) is 6.71. The van der Waals surface area contributed by atoms with Gasteiger partial charge in [0.15, 0.2) is 0 Å².